The van der Waals surface area contributed by atoms with Crippen molar-refractivity contribution in [3.63, 3.8) is 0 Å². The highest BCUT2D eigenvalue weighted by Crippen LogP contribution is 2.35. The predicted molar refractivity (Wildman–Crippen MR) is 124 cm³/mol. The van der Waals surface area contributed by atoms with Gasteiger partial charge in [-0.15, -0.1) is 0 Å². The summed E-state index contributed by atoms with van der Waals surface area (Å²) in [6, 6.07) is 5.18. The minimum atomic E-state index is -1.27. The van der Waals surface area contributed by atoms with Gasteiger partial charge in [0.05, 0.1) is 5.69 Å². The second-order valence-electron chi connectivity index (χ2n) is 9.82. The molecule has 2 fully saturated rings. The molecule has 4 heterocycles. The Hall–Kier alpha value is -2.89. The number of aliphatic hydroxyl groups excluding tert-OH is 1. The molecule has 0 radical (unpaired) electrons. The smallest absolute Gasteiger partial charge is 0.291 e. The van der Waals surface area contributed by atoms with Gasteiger partial charge in [0, 0.05) is 37.6 Å². The first kappa shape index (κ1) is 23.8. The van der Waals surface area contributed by atoms with Crippen molar-refractivity contribution in [2.45, 2.75) is 57.1 Å². The van der Waals surface area contributed by atoms with E-state index >= 15 is 0 Å². The lowest BCUT2D eigenvalue weighted by atomic mass is 9.89. The predicted octanol–water partition coefficient (Wildman–Crippen LogP) is 1.94. The van der Waals surface area contributed by atoms with Gasteiger partial charge in [-0.3, -0.25) is 4.79 Å². The van der Waals surface area contributed by atoms with Crippen LogP contribution in [-0.4, -0.2) is 84.7 Å². The molecule has 2 aromatic heterocycles. The number of hydrogen-bond acceptors (Lipinski definition) is 8. The van der Waals surface area contributed by atoms with Gasteiger partial charge in [-0.25, -0.2) is 4.39 Å². The molecule has 2 aliphatic heterocycles. The molecule has 35 heavy (non-hydrogen) atoms. The molecule has 3 aromatic rings. The maximum atomic E-state index is 14.7. The first-order chi connectivity index (χ1) is 16.8. The summed E-state index contributed by atoms with van der Waals surface area (Å²) >= 11 is 0. The molecule has 5 rings (SSSR count). The Morgan fingerprint density at radius 3 is 2.60 bits per heavy atom. The Morgan fingerprint density at radius 1 is 1.23 bits per heavy atom. The SMILES string of the molecule is CC(C)c1nn(-c2noc(C3(O)CCN(C4CCN(C(=O)CO)CC4)CC3)n2)c2c(F)cccc12. The van der Waals surface area contributed by atoms with Crippen LogP contribution >= 0.6 is 0 Å². The van der Waals surface area contributed by atoms with Crippen molar-refractivity contribution in [2.24, 2.45) is 0 Å². The molecule has 1 amide bonds. The number of nitrogens with zero attached hydrogens (tertiary/aromatic N) is 6. The van der Waals surface area contributed by atoms with E-state index in [-0.39, 0.29) is 29.2 Å². The maximum absolute atomic E-state index is 14.7. The van der Waals surface area contributed by atoms with Crippen LogP contribution in [0.15, 0.2) is 22.7 Å². The molecule has 188 valence electrons. The summed E-state index contributed by atoms with van der Waals surface area (Å²) in [4.78, 5) is 20.2. The van der Waals surface area contributed by atoms with Crippen LogP contribution in [0.5, 0.6) is 0 Å². The second-order valence-corrected chi connectivity index (χ2v) is 9.82. The maximum Gasteiger partial charge on any atom is 0.291 e. The first-order valence-electron chi connectivity index (χ1n) is 12.2. The van der Waals surface area contributed by atoms with E-state index in [1.54, 1.807) is 11.0 Å². The van der Waals surface area contributed by atoms with E-state index < -0.39 is 18.0 Å². The molecular formula is C24H31FN6O4. The van der Waals surface area contributed by atoms with Crippen molar-refractivity contribution in [3.05, 3.63) is 35.6 Å². The monoisotopic (exact) mass is 486 g/mol. The number of carbonyl (C=O) groups excluding carboxylic acids is 1. The Bertz CT molecular complexity index is 1210. The fourth-order valence-electron chi connectivity index (χ4n) is 5.26. The number of halogens is 1. The van der Waals surface area contributed by atoms with Crippen LogP contribution in [0.3, 0.4) is 0 Å². The summed E-state index contributed by atoms with van der Waals surface area (Å²) in [6.07, 6.45) is 2.53. The van der Waals surface area contributed by atoms with Crippen molar-refractivity contribution >= 4 is 16.8 Å². The zero-order chi connectivity index (χ0) is 24.7. The van der Waals surface area contributed by atoms with Gasteiger partial charge in [-0.1, -0.05) is 26.0 Å². The molecule has 2 N–H and O–H groups in total. The summed E-state index contributed by atoms with van der Waals surface area (Å²) in [7, 11) is 0. The Kier molecular flexibility index (Phi) is 6.32. The fourth-order valence-corrected chi connectivity index (χ4v) is 5.26. The number of para-hydroxylation sites is 1. The number of aliphatic hydroxyl groups is 2. The number of piperidine rings is 2. The number of benzene rings is 1. The average molecular weight is 487 g/mol. The third kappa shape index (κ3) is 4.32. The highest BCUT2D eigenvalue weighted by molar-refractivity contribution is 5.84. The van der Waals surface area contributed by atoms with Crippen LogP contribution < -0.4 is 0 Å². The van der Waals surface area contributed by atoms with E-state index in [4.69, 9.17) is 9.63 Å². The van der Waals surface area contributed by atoms with Crippen LogP contribution in [0.2, 0.25) is 0 Å². The van der Waals surface area contributed by atoms with Gasteiger partial charge in [0.2, 0.25) is 5.91 Å². The summed E-state index contributed by atoms with van der Waals surface area (Å²) < 4.78 is 21.5. The Balaban J connectivity index is 1.30. The number of rotatable bonds is 5. The van der Waals surface area contributed by atoms with E-state index in [9.17, 15) is 14.3 Å². The lowest BCUT2D eigenvalue weighted by Gasteiger charge is -2.43. The van der Waals surface area contributed by atoms with Gasteiger partial charge in [0.1, 0.15) is 23.5 Å². The first-order valence-corrected chi connectivity index (χ1v) is 12.2. The largest absolute Gasteiger partial charge is 0.387 e. The minimum absolute atomic E-state index is 0.0778. The molecule has 0 saturated carbocycles. The van der Waals surface area contributed by atoms with Crippen molar-refractivity contribution in [1.29, 1.82) is 0 Å². The zero-order valence-corrected chi connectivity index (χ0v) is 20.0. The highest BCUT2D eigenvalue weighted by atomic mass is 19.1. The van der Waals surface area contributed by atoms with Gasteiger partial charge >= 0.3 is 0 Å². The number of fused-ring (bicyclic) bond motifs is 1. The summed E-state index contributed by atoms with van der Waals surface area (Å²) in [6.45, 7) is 6.10. The quantitative estimate of drug-likeness (QED) is 0.561. The van der Waals surface area contributed by atoms with Gasteiger partial charge in [-0.05, 0) is 42.8 Å². The normalized spacial score (nSPS) is 19.7. The lowest BCUT2D eigenvalue weighted by molar-refractivity contribution is -0.136. The molecule has 1 aromatic carbocycles. The standard InChI is InChI=1S/C24H31FN6O4/c1-15(2)20-17-4-3-5-18(25)21(17)31(27-20)23-26-22(35-28-23)24(34)8-12-29(13-9-24)16-6-10-30(11-7-16)19(33)14-32/h3-5,15-16,32,34H,6-14H2,1-2H3. The van der Waals surface area contributed by atoms with Crippen molar-refractivity contribution in [1.82, 2.24) is 29.7 Å². The van der Waals surface area contributed by atoms with Crippen LogP contribution in [0.4, 0.5) is 4.39 Å². The van der Waals surface area contributed by atoms with Gasteiger partial charge in [0.25, 0.3) is 11.8 Å². The third-order valence-corrected chi connectivity index (χ3v) is 7.33. The van der Waals surface area contributed by atoms with Crippen molar-refractivity contribution < 1.29 is 23.9 Å². The van der Waals surface area contributed by atoms with Crippen LogP contribution in [0.25, 0.3) is 16.9 Å². The van der Waals surface area contributed by atoms with Gasteiger partial charge < -0.3 is 24.5 Å². The Morgan fingerprint density at radius 2 is 1.94 bits per heavy atom. The third-order valence-electron chi connectivity index (χ3n) is 7.33. The van der Waals surface area contributed by atoms with Crippen LogP contribution in [0, 0.1) is 5.82 Å². The van der Waals surface area contributed by atoms with E-state index in [2.05, 4.69) is 20.1 Å². The Labute approximate surface area is 202 Å². The molecular weight excluding hydrogens is 455 g/mol. The highest BCUT2D eigenvalue weighted by Gasteiger charge is 2.41. The summed E-state index contributed by atoms with van der Waals surface area (Å²) in [5.41, 5.74) is -0.237. The molecule has 0 aliphatic carbocycles. The van der Waals surface area contributed by atoms with Crippen molar-refractivity contribution in [3.8, 4) is 5.95 Å². The molecule has 11 heteroatoms. The van der Waals surface area contributed by atoms with Crippen LogP contribution in [0.1, 0.15) is 57.0 Å². The number of amides is 1. The number of aromatic nitrogens is 4. The topological polar surface area (TPSA) is 121 Å². The molecule has 2 aliphatic rings. The van der Waals surface area contributed by atoms with E-state index in [0.717, 1.165) is 18.5 Å². The summed E-state index contributed by atoms with van der Waals surface area (Å²) in [5.74, 6) is -0.365. The molecule has 0 bridgehead atoms. The second kappa shape index (κ2) is 9.29. The minimum Gasteiger partial charge on any atom is -0.387 e. The molecule has 0 spiro atoms. The van der Waals surface area contributed by atoms with Crippen LogP contribution in [-0.2, 0) is 10.4 Å². The van der Waals surface area contributed by atoms with E-state index in [1.807, 2.05) is 19.9 Å². The van der Waals surface area contributed by atoms with E-state index in [1.165, 1.54) is 10.7 Å². The summed E-state index contributed by atoms with van der Waals surface area (Å²) in [5, 5.41) is 29.7. The van der Waals surface area contributed by atoms with Crippen molar-refractivity contribution in [2.75, 3.05) is 32.8 Å². The number of carbonyl (C=O) groups is 1. The van der Waals surface area contributed by atoms with Gasteiger partial charge in [-0.2, -0.15) is 14.8 Å². The lowest BCUT2D eigenvalue weighted by Crippen LogP contribution is -2.51. The van der Waals surface area contributed by atoms with E-state index in [0.29, 0.717) is 50.4 Å². The molecule has 10 nitrogen and oxygen atoms in total. The molecule has 0 unspecified atom stereocenters. The number of hydrogen-bond donors (Lipinski definition) is 2. The fraction of sp³-hybridized carbons (Fsp3) is 0.583. The number of likely N-dealkylation sites (tertiary alicyclic amines) is 2. The zero-order valence-electron chi connectivity index (χ0n) is 20.0. The average Bonchev–Trinajstić information content (AvgIpc) is 3.51. The molecule has 0 atom stereocenters. The molecule has 2 saturated heterocycles. The van der Waals surface area contributed by atoms with Gasteiger partial charge in [0.15, 0.2) is 0 Å².